The van der Waals surface area contributed by atoms with Crippen LogP contribution in [0.5, 0.6) is 11.5 Å². The molecular formula is C33H41N3O6S. The van der Waals surface area contributed by atoms with Gasteiger partial charge < -0.3 is 19.7 Å². The van der Waals surface area contributed by atoms with Gasteiger partial charge in [0.05, 0.1) is 19.1 Å². The molecule has 43 heavy (non-hydrogen) atoms. The SMILES string of the molecule is COc1cccc(CN(C(=O)CN(c2ccc(OCc3ccccc3)cc2)S(C)(=O)=O)[C@H](C)C(=O)NC2CCCCC2)c1. The van der Waals surface area contributed by atoms with Gasteiger partial charge in [0.15, 0.2) is 0 Å². The lowest BCUT2D eigenvalue weighted by Gasteiger charge is -2.33. The van der Waals surface area contributed by atoms with Gasteiger partial charge in [0, 0.05) is 12.6 Å². The molecule has 2 amide bonds. The topological polar surface area (TPSA) is 105 Å². The summed E-state index contributed by atoms with van der Waals surface area (Å²) >= 11 is 0. The fourth-order valence-electron chi connectivity index (χ4n) is 5.18. The van der Waals surface area contributed by atoms with Crippen LogP contribution in [0, 0.1) is 0 Å². The van der Waals surface area contributed by atoms with Crippen molar-refractivity contribution in [2.75, 3.05) is 24.2 Å². The number of sulfonamides is 1. The molecule has 1 atom stereocenters. The Labute approximate surface area is 254 Å². The summed E-state index contributed by atoms with van der Waals surface area (Å²) < 4.78 is 38.1. The van der Waals surface area contributed by atoms with Gasteiger partial charge in [-0.25, -0.2) is 8.42 Å². The highest BCUT2D eigenvalue weighted by molar-refractivity contribution is 7.92. The zero-order chi connectivity index (χ0) is 30.8. The van der Waals surface area contributed by atoms with E-state index in [2.05, 4.69) is 5.32 Å². The van der Waals surface area contributed by atoms with E-state index >= 15 is 0 Å². The van der Waals surface area contributed by atoms with Crippen molar-refractivity contribution in [2.24, 2.45) is 0 Å². The first kappa shape index (κ1) is 31.9. The van der Waals surface area contributed by atoms with E-state index < -0.39 is 28.5 Å². The predicted molar refractivity (Wildman–Crippen MR) is 167 cm³/mol. The largest absolute Gasteiger partial charge is 0.497 e. The van der Waals surface area contributed by atoms with Crippen LogP contribution < -0.4 is 19.1 Å². The molecular weight excluding hydrogens is 566 g/mol. The van der Waals surface area contributed by atoms with Crippen molar-refractivity contribution in [3.63, 3.8) is 0 Å². The minimum atomic E-state index is -3.84. The van der Waals surface area contributed by atoms with Gasteiger partial charge in [0.2, 0.25) is 21.8 Å². The first-order valence-corrected chi connectivity index (χ1v) is 16.5. The molecule has 0 aromatic heterocycles. The summed E-state index contributed by atoms with van der Waals surface area (Å²) in [5.74, 6) is 0.439. The summed E-state index contributed by atoms with van der Waals surface area (Å²) in [6.07, 6.45) is 6.16. The number of hydrogen-bond acceptors (Lipinski definition) is 6. The second kappa shape index (κ2) is 14.9. The van der Waals surface area contributed by atoms with Gasteiger partial charge in [-0.15, -0.1) is 0 Å². The zero-order valence-electron chi connectivity index (χ0n) is 25.1. The van der Waals surface area contributed by atoms with E-state index in [1.807, 2.05) is 42.5 Å². The van der Waals surface area contributed by atoms with Crippen LogP contribution in [0.2, 0.25) is 0 Å². The lowest BCUT2D eigenvalue weighted by Crippen LogP contribution is -2.52. The molecule has 9 nitrogen and oxygen atoms in total. The highest BCUT2D eigenvalue weighted by Gasteiger charge is 2.31. The lowest BCUT2D eigenvalue weighted by molar-refractivity contribution is -0.139. The van der Waals surface area contributed by atoms with E-state index in [1.54, 1.807) is 50.4 Å². The van der Waals surface area contributed by atoms with Crippen LogP contribution in [-0.2, 0) is 32.8 Å². The Morgan fingerprint density at radius 3 is 2.23 bits per heavy atom. The van der Waals surface area contributed by atoms with E-state index in [0.29, 0.717) is 23.8 Å². The molecule has 1 aliphatic carbocycles. The van der Waals surface area contributed by atoms with Crippen molar-refractivity contribution in [3.8, 4) is 11.5 Å². The molecule has 0 saturated heterocycles. The van der Waals surface area contributed by atoms with Crippen LogP contribution in [0.4, 0.5) is 5.69 Å². The average Bonchev–Trinajstić information content (AvgIpc) is 3.02. The zero-order valence-corrected chi connectivity index (χ0v) is 25.9. The van der Waals surface area contributed by atoms with Gasteiger partial charge in [0.25, 0.3) is 0 Å². The number of benzene rings is 3. The Morgan fingerprint density at radius 1 is 0.907 bits per heavy atom. The molecule has 0 radical (unpaired) electrons. The van der Waals surface area contributed by atoms with E-state index in [-0.39, 0.29) is 18.5 Å². The number of ether oxygens (including phenoxy) is 2. The molecule has 1 fully saturated rings. The molecule has 0 heterocycles. The number of nitrogens with zero attached hydrogens (tertiary/aromatic N) is 2. The standard InChI is InChI=1S/C33H41N3O6S/c1-25(33(38)34-28-14-8-5-9-15-28)35(22-27-13-10-16-31(21-27)41-2)32(37)23-36(43(3,39)40)29-17-19-30(20-18-29)42-24-26-11-6-4-7-12-26/h4,6-7,10-13,16-21,25,28H,5,8-9,14-15,22-24H2,1-3H3,(H,34,38)/t25-/m1/s1. The van der Waals surface area contributed by atoms with Gasteiger partial charge in [-0.3, -0.25) is 13.9 Å². The summed E-state index contributed by atoms with van der Waals surface area (Å²) in [6.45, 7) is 1.70. The molecule has 0 aliphatic heterocycles. The molecule has 0 bridgehead atoms. The number of amides is 2. The Balaban J connectivity index is 1.53. The Kier molecular flexibility index (Phi) is 11.1. The van der Waals surface area contributed by atoms with Crippen LogP contribution >= 0.6 is 0 Å². The molecule has 1 aliphatic rings. The maximum absolute atomic E-state index is 13.9. The normalized spacial score (nSPS) is 14.4. The first-order valence-electron chi connectivity index (χ1n) is 14.6. The maximum atomic E-state index is 13.9. The Morgan fingerprint density at radius 2 is 1.58 bits per heavy atom. The van der Waals surface area contributed by atoms with E-state index in [0.717, 1.165) is 53.8 Å². The summed E-state index contributed by atoms with van der Waals surface area (Å²) in [7, 11) is -2.28. The second-order valence-electron chi connectivity index (χ2n) is 10.9. The molecule has 0 unspecified atom stereocenters. The molecule has 3 aromatic rings. The minimum Gasteiger partial charge on any atom is -0.497 e. The quantitative estimate of drug-likeness (QED) is 0.296. The van der Waals surface area contributed by atoms with E-state index in [9.17, 15) is 18.0 Å². The van der Waals surface area contributed by atoms with Gasteiger partial charge in [-0.1, -0.05) is 61.7 Å². The molecule has 3 aromatic carbocycles. The minimum absolute atomic E-state index is 0.0765. The van der Waals surface area contributed by atoms with Crippen molar-refractivity contribution in [1.29, 1.82) is 0 Å². The van der Waals surface area contributed by atoms with E-state index in [4.69, 9.17) is 9.47 Å². The fourth-order valence-corrected chi connectivity index (χ4v) is 6.03. The van der Waals surface area contributed by atoms with Crippen molar-refractivity contribution in [1.82, 2.24) is 10.2 Å². The van der Waals surface area contributed by atoms with Crippen LogP contribution in [0.25, 0.3) is 0 Å². The van der Waals surface area contributed by atoms with Crippen LogP contribution in [0.15, 0.2) is 78.9 Å². The third-order valence-corrected chi connectivity index (χ3v) is 8.80. The van der Waals surface area contributed by atoms with Crippen molar-refractivity contribution >= 4 is 27.5 Å². The summed E-state index contributed by atoms with van der Waals surface area (Å²) in [6, 6.07) is 22.8. The van der Waals surface area contributed by atoms with Gasteiger partial charge in [0.1, 0.15) is 30.7 Å². The van der Waals surface area contributed by atoms with Gasteiger partial charge >= 0.3 is 0 Å². The number of hydrogen-bond donors (Lipinski definition) is 1. The maximum Gasteiger partial charge on any atom is 0.244 e. The average molecular weight is 608 g/mol. The molecule has 0 spiro atoms. The molecule has 1 N–H and O–H groups in total. The summed E-state index contributed by atoms with van der Waals surface area (Å²) in [5.41, 5.74) is 2.09. The summed E-state index contributed by atoms with van der Waals surface area (Å²) in [5, 5.41) is 3.10. The number of rotatable bonds is 13. The van der Waals surface area contributed by atoms with Crippen molar-refractivity contribution in [2.45, 2.75) is 64.3 Å². The lowest BCUT2D eigenvalue weighted by atomic mass is 9.95. The molecule has 10 heteroatoms. The van der Waals surface area contributed by atoms with Crippen LogP contribution in [-0.4, -0.2) is 57.1 Å². The number of anilines is 1. The number of methoxy groups -OCH3 is 1. The summed E-state index contributed by atoms with van der Waals surface area (Å²) in [4.78, 5) is 28.7. The third kappa shape index (κ3) is 9.22. The van der Waals surface area contributed by atoms with Crippen molar-refractivity contribution in [3.05, 3.63) is 90.0 Å². The second-order valence-corrected chi connectivity index (χ2v) is 12.8. The number of nitrogens with one attached hydrogen (secondary N) is 1. The molecule has 4 rings (SSSR count). The van der Waals surface area contributed by atoms with Crippen LogP contribution in [0.3, 0.4) is 0 Å². The predicted octanol–water partition coefficient (Wildman–Crippen LogP) is 4.91. The van der Waals surface area contributed by atoms with Gasteiger partial charge in [-0.2, -0.15) is 0 Å². The first-order chi connectivity index (χ1) is 20.6. The number of carbonyl (C=O) groups excluding carboxylic acids is 2. The van der Waals surface area contributed by atoms with Crippen molar-refractivity contribution < 1.29 is 27.5 Å². The van der Waals surface area contributed by atoms with Gasteiger partial charge in [-0.05, 0) is 67.3 Å². The number of carbonyl (C=O) groups is 2. The highest BCUT2D eigenvalue weighted by atomic mass is 32.2. The third-order valence-electron chi connectivity index (χ3n) is 7.66. The fraction of sp³-hybridized carbons (Fsp3) is 0.394. The molecule has 1 saturated carbocycles. The Bertz CT molecular complexity index is 1460. The monoisotopic (exact) mass is 607 g/mol. The highest BCUT2D eigenvalue weighted by Crippen LogP contribution is 2.24. The smallest absolute Gasteiger partial charge is 0.244 e. The molecule has 230 valence electrons. The van der Waals surface area contributed by atoms with E-state index in [1.165, 1.54) is 4.90 Å². The van der Waals surface area contributed by atoms with Crippen LogP contribution in [0.1, 0.15) is 50.2 Å². The Hall–Kier alpha value is -4.05.